The molecule has 26 heavy (non-hydrogen) atoms. The van der Waals surface area contributed by atoms with Gasteiger partial charge in [0.05, 0.1) is 15.6 Å². The van der Waals surface area contributed by atoms with Gasteiger partial charge in [0.25, 0.3) is 5.78 Å². The Morgan fingerprint density at radius 1 is 0.923 bits per heavy atom. The number of benzene rings is 2. The van der Waals surface area contributed by atoms with Crippen LogP contribution in [0, 0.1) is 5.82 Å². The van der Waals surface area contributed by atoms with Gasteiger partial charge in [-0.3, -0.25) is 0 Å². The van der Waals surface area contributed by atoms with Crippen molar-refractivity contribution in [3.8, 4) is 11.1 Å². The molecule has 0 atom stereocenters. The van der Waals surface area contributed by atoms with Gasteiger partial charge in [0.2, 0.25) is 0 Å². The van der Waals surface area contributed by atoms with Crippen LogP contribution in [0.25, 0.3) is 16.9 Å². The van der Waals surface area contributed by atoms with Crippen LogP contribution < -0.4 is 0 Å². The molecular weight excluding hydrogens is 418 g/mol. The van der Waals surface area contributed by atoms with E-state index in [1.807, 2.05) is 18.2 Å². The summed E-state index contributed by atoms with van der Waals surface area (Å²) in [6.07, 6.45) is 1.35. The van der Waals surface area contributed by atoms with E-state index in [-0.39, 0.29) is 15.7 Å². The van der Waals surface area contributed by atoms with Gasteiger partial charge in [0, 0.05) is 10.5 Å². The predicted molar refractivity (Wildman–Crippen MR) is 102 cm³/mol. The second-order valence-electron chi connectivity index (χ2n) is 5.18. The van der Waals surface area contributed by atoms with E-state index in [4.69, 9.17) is 34.8 Å². The SMILES string of the molecule is Fc1cccc(Cl)c1-c1c(Cl)nc2ncnn2c1Sc1ccccc1Cl. The number of fused-ring (bicyclic) bond motifs is 1. The summed E-state index contributed by atoms with van der Waals surface area (Å²) in [6.45, 7) is 0. The van der Waals surface area contributed by atoms with E-state index in [2.05, 4.69) is 15.1 Å². The Labute approximate surface area is 166 Å². The molecule has 0 radical (unpaired) electrons. The number of hydrogen-bond donors (Lipinski definition) is 0. The van der Waals surface area contributed by atoms with E-state index in [9.17, 15) is 4.39 Å². The van der Waals surface area contributed by atoms with Crippen LogP contribution in [0.5, 0.6) is 0 Å². The first kappa shape index (κ1) is 17.5. The van der Waals surface area contributed by atoms with Crippen molar-refractivity contribution in [2.24, 2.45) is 0 Å². The quantitative estimate of drug-likeness (QED) is 0.375. The van der Waals surface area contributed by atoms with Crippen LogP contribution in [0.1, 0.15) is 0 Å². The highest BCUT2D eigenvalue weighted by atomic mass is 35.5. The average molecular weight is 426 g/mol. The number of rotatable bonds is 3. The highest BCUT2D eigenvalue weighted by Crippen LogP contribution is 2.44. The molecule has 4 aromatic rings. The van der Waals surface area contributed by atoms with Crippen molar-refractivity contribution in [3.05, 3.63) is 69.8 Å². The number of aromatic nitrogens is 4. The van der Waals surface area contributed by atoms with E-state index < -0.39 is 5.82 Å². The minimum Gasteiger partial charge on any atom is -0.206 e. The molecule has 2 aromatic carbocycles. The van der Waals surface area contributed by atoms with Crippen molar-refractivity contribution in [2.75, 3.05) is 0 Å². The molecule has 0 amide bonds. The molecule has 2 heterocycles. The zero-order valence-corrected chi connectivity index (χ0v) is 15.9. The highest BCUT2D eigenvalue weighted by molar-refractivity contribution is 7.99. The zero-order chi connectivity index (χ0) is 18.3. The number of hydrogen-bond acceptors (Lipinski definition) is 4. The van der Waals surface area contributed by atoms with Crippen molar-refractivity contribution in [3.63, 3.8) is 0 Å². The summed E-state index contributed by atoms with van der Waals surface area (Å²) in [6, 6.07) is 11.7. The highest BCUT2D eigenvalue weighted by Gasteiger charge is 2.23. The molecule has 0 spiro atoms. The molecule has 4 rings (SSSR count). The first-order valence-electron chi connectivity index (χ1n) is 7.32. The normalized spacial score (nSPS) is 11.2. The molecule has 130 valence electrons. The number of halogens is 4. The Balaban J connectivity index is 2.04. The summed E-state index contributed by atoms with van der Waals surface area (Å²) in [5, 5.41) is 5.54. The average Bonchev–Trinajstić information content (AvgIpc) is 3.06. The fourth-order valence-corrected chi connectivity index (χ4v) is 4.33. The molecule has 4 nitrogen and oxygen atoms in total. The molecule has 0 saturated heterocycles. The summed E-state index contributed by atoms with van der Waals surface area (Å²) in [7, 11) is 0. The van der Waals surface area contributed by atoms with Crippen LogP contribution >= 0.6 is 46.6 Å². The van der Waals surface area contributed by atoms with Gasteiger partial charge in [-0.15, -0.1) is 0 Å². The molecule has 0 bridgehead atoms. The van der Waals surface area contributed by atoms with Crippen LogP contribution in [0.15, 0.2) is 58.7 Å². The Morgan fingerprint density at radius 2 is 1.69 bits per heavy atom. The van der Waals surface area contributed by atoms with Crippen LogP contribution in [0.4, 0.5) is 4.39 Å². The fraction of sp³-hybridized carbons (Fsp3) is 0. The summed E-state index contributed by atoms with van der Waals surface area (Å²) in [5.74, 6) is -0.220. The van der Waals surface area contributed by atoms with Gasteiger partial charge >= 0.3 is 0 Å². The van der Waals surface area contributed by atoms with Crippen LogP contribution in [-0.4, -0.2) is 19.6 Å². The van der Waals surface area contributed by atoms with Gasteiger partial charge in [0.1, 0.15) is 22.3 Å². The van der Waals surface area contributed by atoms with E-state index in [1.165, 1.54) is 34.7 Å². The smallest absolute Gasteiger partial charge is 0.206 e. The molecule has 0 saturated carbocycles. The van der Waals surface area contributed by atoms with Crippen molar-refractivity contribution in [1.82, 2.24) is 19.6 Å². The van der Waals surface area contributed by atoms with Crippen molar-refractivity contribution < 1.29 is 4.39 Å². The van der Waals surface area contributed by atoms with Gasteiger partial charge in [-0.2, -0.15) is 19.6 Å². The lowest BCUT2D eigenvalue weighted by molar-refractivity contribution is 0.630. The molecular formula is C17H8Cl3FN4S. The molecule has 0 unspecified atom stereocenters. The minimum absolute atomic E-state index is 0.0760. The lowest BCUT2D eigenvalue weighted by atomic mass is 10.1. The molecule has 0 aliphatic heterocycles. The Morgan fingerprint density at radius 3 is 2.46 bits per heavy atom. The van der Waals surface area contributed by atoms with Gasteiger partial charge in [0.15, 0.2) is 0 Å². The standard InChI is InChI=1S/C17H8Cl3FN4S/c18-9-4-1-2-7-12(9)26-16-14(13-10(19)5-3-6-11(13)21)15(20)24-17-22-8-23-25(16)17/h1-8H. The molecule has 0 aliphatic rings. The predicted octanol–water partition coefficient (Wildman–Crippen LogP) is 6.04. The third-order valence-electron chi connectivity index (χ3n) is 3.60. The molecule has 0 fully saturated rings. The molecule has 0 aliphatic carbocycles. The van der Waals surface area contributed by atoms with Crippen molar-refractivity contribution >= 4 is 52.3 Å². The van der Waals surface area contributed by atoms with Gasteiger partial charge in [-0.1, -0.05) is 64.8 Å². The van der Waals surface area contributed by atoms with E-state index in [0.29, 0.717) is 21.4 Å². The third kappa shape index (κ3) is 3.03. The second kappa shape index (κ2) is 7.04. The Kier molecular flexibility index (Phi) is 4.75. The monoisotopic (exact) mass is 424 g/mol. The van der Waals surface area contributed by atoms with E-state index in [1.54, 1.807) is 12.1 Å². The topological polar surface area (TPSA) is 43.1 Å². The van der Waals surface area contributed by atoms with Crippen LogP contribution in [0.3, 0.4) is 0 Å². The Bertz CT molecular complexity index is 1110. The van der Waals surface area contributed by atoms with Crippen LogP contribution in [0.2, 0.25) is 15.2 Å². The van der Waals surface area contributed by atoms with Gasteiger partial charge < -0.3 is 0 Å². The second-order valence-corrected chi connectivity index (χ2v) is 7.39. The van der Waals surface area contributed by atoms with E-state index in [0.717, 1.165) is 4.90 Å². The molecule has 0 N–H and O–H groups in total. The first-order valence-corrected chi connectivity index (χ1v) is 9.27. The third-order valence-corrected chi connectivity index (χ3v) is 5.77. The zero-order valence-electron chi connectivity index (χ0n) is 12.8. The maximum absolute atomic E-state index is 14.6. The summed E-state index contributed by atoms with van der Waals surface area (Å²) < 4.78 is 16.1. The lowest BCUT2D eigenvalue weighted by Gasteiger charge is -2.14. The summed E-state index contributed by atoms with van der Waals surface area (Å²) >= 11 is 20.2. The van der Waals surface area contributed by atoms with Crippen molar-refractivity contribution in [1.29, 1.82) is 0 Å². The largest absolute Gasteiger partial charge is 0.254 e. The van der Waals surface area contributed by atoms with Gasteiger partial charge in [-0.05, 0) is 24.3 Å². The van der Waals surface area contributed by atoms with Gasteiger partial charge in [-0.25, -0.2) is 4.39 Å². The summed E-state index contributed by atoms with van der Waals surface area (Å²) in [4.78, 5) is 9.02. The minimum atomic E-state index is -0.512. The lowest BCUT2D eigenvalue weighted by Crippen LogP contribution is -2.02. The van der Waals surface area contributed by atoms with Crippen molar-refractivity contribution in [2.45, 2.75) is 9.92 Å². The van der Waals surface area contributed by atoms with E-state index >= 15 is 0 Å². The maximum Gasteiger partial charge on any atom is 0.254 e. The Hall–Kier alpha value is -1.86. The summed E-state index contributed by atoms with van der Waals surface area (Å²) in [5.41, 5.74) is 0.483. The maximum atomic E-state index is 14.6. The first-order chi connectivity index (χ1) is 12.6. The number of nitrogens with zero attached hydrogens (tertiary/aromatic N) is 4. The van der Waals surface area contributed by atoms with Crippen LogP contribution in [-0.2, 0) is 0 Å². The molecule has 9 heteroatoms. The fourth-order valence-electron chi connectivity index (χ4n) is 2.47. The molecule has 2 aromatic heterocycles.